The molecular formula is C11H14O3. The maximum atomic E-state index is 10.2. The van der Waals surface area contributed by atoms with Crippen molar-refractivity contribution in [2.45, 2.75) is 27.4 Å². The molecule has 0 atom stereocenters. The van der Waals surface area contributed by atoms with E-state index in [4.69, 9.17) is 5.11 Å². The zero-order chi connectivity index (χ0) is 10.7. The molecule has 0 spiro atoms. The molecule has 1 N–H and O–H groups in total. The van der Waals surface area contributed by atoms with E-state index in [1.54, 1.807) is 0 Å². The lowest BCUT2D eigenvalue weighted by molar-refractivity contribution is 0.0851. The molecule has 1 aromatic rings. The van der Waals surface area contributed by atoms with Crippen molar-refractivity contribution >= 4 is 6.16 Å². The van der Waals surface area contributed by atoms with Crippen LogP contribution in [0.15, 0.2) is 12.1 Å². The number of benzene rings is 1. The van der Waals surface area contributed by atoms with Gasteiger partial charge >= 0.3 is 6.16 Å². The van der Waals surface area contributed by atoms with Crippen LogP contribution in [0, 0.1) is 20.8 Å². The molecule has 0 bridgehead atoms. The van der Waals surface area contributed by atoms with E-state index in [9.17, 15) is 4.79 Å². The van der Waals surface area contributed by atoms with Crippen molar-refractivity contribution in [1.29, 1.82) is 0 Å². The summed E-state index contributed by atoms with van der Waals surface area (Å²) in [7, 11) is 0. The van der Waals surface area contributed by atoms with E-state index in [1.165, 1.54) is 5.56 Å². The van der Waals surface area contributed by atoms with Gasteiger partial charge in [0, 0.05) is 0 Å². The number of aryl methyl sites for hydroxylation is 3. The van der Waals surface area contributed by atoms with E-state index < -0.39 is 6.16 Å². The summed E-state index contributed by atoms with van der Waals surface area (Å²) in [6, 6.07) is 4.04. The van der Waals surface area contributed by atoms with Crippen LogP contribution in [-0.4, -0.2) is 11.3 Å². The first-order valence-corrected chi connectivity index (χ1v) is 4.43. The van der Waals surface area contributed by atoms with Crippen molar-refractivity contribution in [3.05, 3.63) is 34.4 Å². The lowest BCUT2D eigenvalue weighted by Crippen LogP contribution is -2.03. The molecule has 3 nitrogen and oxygen atoms in total. The van der Waals surface area contributed by atoms with E-state index in [1.807, 2.05) is 32.9 Å². The van der Waals surface area contributed by atoms with E-state index in [0.717, 1.165) is 16.7 Å². The number of hydrogen-bond donors (Lipinski definition) is 1. The van der Waals surface area contributed by atoms with Gasteiger partial charge in [0.05, 0.1) is 0 Å². The highest BCUT2D eigenvalue weighted by Crippen LogP contribution is 2.17. The van der Waals surface area contributed by atoms with Crippen LogP contribution in [0.1, 0.15) is 22.3 Å². The molecule has 0 aliphatic rings. The number of carbonyl (C=O) groups is 1. The number of carboxylic acid groups (broad SMARTS) is 1. The lowest BCUT2D eigenvalue weighted by atomic mass is 10.0. The highest BCUT2D eigenvalue weighted by Gasteiger charge is 2.06. The Labute approximate surface area is 83.3 Å². The van der Waals surface area contributed by atoms with E-state index >= 15 is 0 Å². The molecule has 3 heteroatoms. The van der Waals surface area contributed by atoms with Crippen LogP contribution in [-0.2, 0) is 11.3 Å². The monoisotopic (exact) mass is 194 g/mol. The van der Waals surface area contributed by atoms with Crippen molar-refractivity contribution in [2.75, 3.05) is 0 Å². The molecule has 0 aromatic heterocycles. The predicted molar refractivity (Wildman–Crippen MR) is 53.5 cm³/mol. The molecule has 0 amide bonds. The van der Waals surface area contributed by atoms with E-state index in [0.29, 0.717) is 0 Å². The van der Waals surface area contributed by atoms with Crippen LogP contribution in [0.5, 0.6) is 0 Å². The molecule has 0 fully saturated rings. The highest BCUT2D eigenvalue weighted by molar-refractivity contribution is 5.57. The van der Waals surface area contributed by atoms with Crippen molar-refractivity contribution in [2.24, 2.45) is 0 Å². The van der Waals surface area contributed by atoms with Gasteiger partial charge in [-0.05, 0) is 37.5 Å². The Bertz CT molecular complexity index is 333. The third kappa shape index (κ3) is 2.49. The molecule has 1 rings (SSSR count). The highest BCUT2D eigenvalue weighted by atomic mass is 16.7. The summed E-state index contributed by atoms with van der Waals surface area (Å²) in [4.78, 5) is 10.2. The average Bonchev–Trinajstić information content (AvgIpc) is 2.01. The fraction of sp³-hybridized carbons (Fsp3) is 0.364. The Morgan fingerprint density at radius 2 is 1.79 bits per heavy atom. The molecule has 14 heavy (non-hydrogen) atoms. The maximum absolute atomic E-state index is 10.2. The van der Waals surface area contributed by atoms with Crippen LogP contribution in [0.25, 0.3) is 0 Å². The standard InChI is InChI=1S/C11H14O3/c1-7-4-8(2)10(9(3)5-7)6-14-11(12)13/h4-5H,6H2,1-3H3,(H,12,13). The topological polar surface area (TPSA) is 46.5 Å². The van der Waals surface area contributed by atoms with E-state index in [-0.39, 0.29) is 6.61 Å². The Hall–Kier alpha value is -1.51. The molecule has 1 aromatic carbocycles. The number of hydrogen-bond acceptors (Lipinski definition) is 2. The smallest absolute Gasteiger partial charge is 0.450 e. The van der Waals surface area contributed by atoms with Crippen molar-refractivity contribution in [1.82, 2.24) is 0 Å². The second-order valence-electron chi connectivity index (χ2n) is 3.43. The van der Waals surface area contributed by atoms with Gasteiger partial charge in [-0.3, -0.25) is 0 Å². The first-order valence-electron chi connectivity index (χ1n) is 4.43. The second kappa shape index (κ2) is 4.13. The van der Waals surface area contributed by atoms with Crippen molar-refractivity contribution < 1.29 is 14.6 Å². The summed E-state index contributed by atoms with van der Waals surface area (Å²) in [5, 5.41) is 8.39. The molecular weight excluding hydrogens is 180 g/mol. The van der Waals surface area contributed by atoms with Crippen LogP contribution < -0.4 is 0 Å². The minimum atomic E-state index is -1.23. The summed E-state index contributed by atoms with van der Waals surface area (Å²) < 4.78 is 4.55. The van der Waals surface area contributed by atoms with Crippen LogP contribution in [0.3, 0.4) is 0 Å². The molecule has 0 aliphatic heterocycles. The summed E-state index contributed by atoms with van der Waals surface area (Å²) in [6.07, 6.45) is -1.23. The zero-order valence-electron chi connectivity index (χ0n) is 8.63. The quantitative estimate of drug-likeness (QED) is 0.736. The largest absolute Gasteiger partial charge is 0.506 e. The van der Waals surface area contributed by atoms with Gasteiger partial charge in [0.15, 0.2) is 0 Å². The Morgan fingerprint density at radius 1 is 1.29 bits per heavy atom. The molecule has 76 valence electrons. The maximum Gasteiger partial charge on any atom is 0.506 e. The Morgan fingerprint density at radius 3 is 2.21 bits per heavy atom. The van der Waals surface area contributed by atoms with Gasteiger partial charge in [-0.1, -0.05) is 17.7 Å². The van der Waals surface area contributed by atoms with Gasteiger partial charge in [-0.15, -0.1) is 0 Å². The Balaban J connectivity index is 2.91. The fourth-order valence-electron chi connectivity index (χ4n) is 1.57. The second-order valence-corrected chi connectivity index (χ2v) is 3.43. The molecule has 0 saturated carbocycles. The van der Waals surface area contributed by atoms with Gasteiger partial charge in [0.1, 0.15) is 6.61 Å². The first-order chi connectivity index (χ1) is 6.50. The lowest BCUT2D eigenvalue weighted by Gasteiger charge is -2.10. The first kappa shape index (κ1) is 10.6. The van der Waals surface area contributed by atoms with Gasteiger partial charge in [0.2, 0.25) is 0 Å². The van der Waals surface area contributed by atoms with Gasteiger partial charge in [0.25, 0.3) is 0 Å². The summed E-state index contributed by atoms with van der Waals surface area (Å²) in [6.45, 7) is 6.07. The number of rotatable bonds is 2. The van der Waals surface area contributed by atoms with Crippen LogP contribution >= 0.6 is 0 Å². The fourth-order valence-corrected chi connectivity index (χ4v) is 1.57. The SMILES string of the molecule is Cc1cc(C)c(COC(=O)O)c(C)c1. The van der Waals surface area contributed by atoms with Gasteiger partial charge in [-0.25, -0.2) is 4.79 Å². The van der Waals surface area contributed by atoms with Gasteiger partial charge < -0.3 is 9.84 Å². The minimum absolute atomic E-state index is 0.132. The van der Waals surface area contributed by atoms with Crippen molar-refractivity contribution in [3.63, 3.8) is 0 Å². The third-order valence-corrected chi connectivity index (χ3v) is 2.18. The van der Waals surface area contributed by atoms with Crippen molar-refractivity contribution in [3.8, 4) is 0 Å². The van der Waals surface area contributed by atoms with Crippen LogP contribution in [0.4, 0.5) is 4.79 Å². The normalized spacial score (nSPS) is 9.93. The Kier molecular flexibility index (Phi) is 3.12. The molecule has 0 aliphatic carbocycles. The minimum Gasteiger partial charge on any atom is -0.450 e. The number of ether oxygens (including phenoxy) is 1. The molecule has 0 radical (unpaired) electrons. The summed E-state index contributed by atoms with van der Waals surface area (Å²) >= 11 is 0. The van der Waals surface area contributed by atoms with Gasteiger partial charge in [-0.2, -0.15) is 0 Å². The average molecular weight is 194 g/mol. The molecule has 0 heterocycles. The zero-order valence-corrected chi connectivity index (χ0v) is 8.63. The molecule has 0 saturated heterocycles. The third-order valence-electron chi connectivity index (χ3n) is 2.18. The van der Waals surface area contributed by atoms with E-state index in [2.05, 4.69) is 4.74 Å². The summed E-state index contributed by atoms with van der Waals surface area (Å²) in [5.74, 6) is 0. The van der Waals surface area contributed by atoms with Crippen LogP contribution in [0.2, 0.25) is 0 Å². The predicted octanol–water partition coefficient (Wildman–Crippen LogP) is 2.81. The molecule has 0 unspecified atom stereocenters. The summed E-state index contributed by atoms with van der Waals surface area (Å²) in [5.41, 5.74) is 4.28.